The average Bonchev–Trinajstić information content (AvgIpc) is 3.00. The van der Waals surface area contributed by atoms with Gasteiger partial charge >= 0.3 is 0 Å². The van der Waals surface area contributed by atoms with Gasteiger partial charge in [-0.1, -0.05) is 66.9 Å². The number of allylic oxidation sites excluding steroid dienone is 8. The largest absolute Gasteiger partial charge is 0.390 e. The van der Waals surface area contributed by atoms with Crippen molar-refractivity contribution in [3.05, 3.63) is 146 Å². The Morgan fingerprint density at radius 3 is 0.415 bits per heavy atom. The third-order valence-electron chi connectivity index (χ3n) is 10.9. The van der Waals surface area contributed by atoms with Crippen molar-refractivity contribution in [3.8, 4) is 0 Å². The molecule has 0 spiro atoms. The van der Waals surface area contributed by atoms with E-state index in [1.165, 1.54) is 0 Å². The van der Waals surface area contributed by atoms with Crippen LogP contribution < -0.4 is 0 Å². The van der Waals surface area contributed by atoms with Gasteiger partial charge in [0.25, 0.3) is 0 Å². The number of rotatable bonds is 28. The molecule has 0 saturated carbocycles. The molecule has 0 amide bonds. The van der Waals surface area contributed by atoms with Crippen LogP contribution in [-0.4, -0.2) is 42.8 Å². The predicted molar refractivity (Wildman–Crippen MR) is 290 cm³/mol. The molecule has 0 radical (unpaired) electrons. The van der Waals surface area contributed by atoms with Crippen molar-refractivity contribution in [3.63, 3.8) is 0 Å². The first kappa shape index (κ1) is 71.4. The van der Waals surface area contributed by atoms with Crippen LogP contribution in [0.15, 0.2) is 146 Å². The van der Waals surface area contributed by atoms with Crippen LogP contribution in [0.5, 0.6) is 0 Å². The molecule has 0 saturated heterocycles. The van der Waals surface area contributed by atoms with Gasteiger partial charge in [0.15, 0.2) is 0 Å². The molecular weight excluding hydrogens is 833 g/mol. The normalized spacial score (nSPS) is 14.4. The first-order valence-electron chi connectivity index (χ1n) is 23.2. The van der Waals surface area contributed by atoms with E-state index in [0.29, 0.717) is 25.7 Å². The SMILES string of the molecule is C=C(C)CC(CC(=C)C)C(C)(O)CC(=C)C.C=C(C)CC(CC(=C)C)C(C)(O)CC(=C)C.C=C(C)CC(CC(=C)C)C(C)(O)CC(=C)C.C=C(C)CC(CC(=C)C)C(C)(O)CC(=C)C.[Ti]. The van der Waals surface area contributed by atoms with Crippen LogP contribution >= 0.6 is 0 Å². The fraction of sp³-hybridized carbons (Fsp3) is 0.600. The quantitative estimate of drug-likeness (QED) is 0.0465. The van der Waals surface area contributed by atoms with Gasteiger partial charge in [-0.2, -0.15) is 0 Å². The van der Waals surface area contributed by atoms with E-state index in [2.05, 4.69) is 78.9 Å². The molecule has 0 fully saturated rings. The van der Waals surface area contributed by atoms with Crippen LogP contribution in [0.4, 0.5) is 0 Å². The Balaban J connectivity index is -0.000000245. The van der Waals surface area contributed by atoms with Crippen LogP contribution in [0, 0.1) is 23.7 Å². The summed E-state index contributed by atoms with van der Waals surface area (Å²) < 4.78 is 0. The smallest absolute Gasteiger partial charge is 0.0690 e. The second-order valence-electron chi connectivity index (χ2n) is 22.0. The summed E-state index contributed by atoms with van der Waals surface area (Å²) in [5, 5.41) is 42.0. The summed E-state index contributed by atoms with van der Waals surface area (Å²) in [6.07, 6.45) is 9.27. The number of hydrogen-bond acceptors (Lipinski definition) is 4. The van der Waals surface area contributed by atoms with Crippen LogP contribution in [0.25, 0.3) is 0 Å². The van der Waals surface area contributed by atoms with Crippen molar-refractivity contribution in [1.29, 1.82) is 0 Å². The van der Waals surface area contributed by atoms with E-state index in [1.807, 2.05) is 111 Å². The van der Waals surface area contributed by atoms with Crippen molar-refractivity contribution >= 4 is 0 Å². The van der Waals surface area contributed by atoms with Crippen molar-refractivity contribution in [2.24, 2.45) is 23.7 Å². The van der Waals surface area contributed by atoms with Crippen LogP contribution in [-0.2, 0) is 21.7 Å². The molecule has 4 atom stereocenters. The molecule has 0 aliphatic heterocycles. The summed E-state index contributed by atoms with van der Waals surface area (Å²) in [5.74, 6) is 0.719. The first-order valence-corrected chi connectivity index (χ1v) is 23.2. The van der Waals surface area contributed by atoms with Gasteiger partial charge < -0.3 is 20.4 Å². The standard InChI is InChI=1S/4C15H26O.Ti/c4*1-11(2)8-14(9-12(3)4)15(7,16)10-13(5)6;/h4*14,16H,1,3,5,8-10H2,2,4,6-7H3;. The topological polar surface area (TPSA) is 80.9 Å². The Hall–Kier alpha value is -2.57. The van der Waals surface area contributed by atoms with E-state index in [4.69, 9.17) is 0 Å². The Morgan fingerprint density at radius 1 is 0.262 bits per heavy atom. The molecule has 0 aromatic rings. The Morgan fingerprint density at radius 2 is 0.354 bits per heavy atom. The minimum absolute atomic E-state index is 0. The molecule has 0 heterocycles. The van der Waals surface area contributed by atoms with Gasteiger partial charge in [0, 0.05) is 21.7 Å². The van der Waals surface area contributed by atoms with Gasteiger partial charge in [-0.05, 0) is 212 Å². The summed E-state index contributed by atoms with van der Waals surface area (Å²) >= 11 is 0. The number of hydrogen-bond donors (Lipinski definition) is 4. The van der Waals surface area contributed by atoms with E-state index in [0.717, 1.165) is 118 Å². The monoisotopic (exact) mass is 937 g/mol. The molecule has 65 heavy (non-hydrogen) atoms. The van der Waals surface area contributed by atoms with Gasteiger partial charge in [-0.3, -0.25) is 0 Å². The maximum absolute atomic E-state index is 10.5. The van der Waals surface area contributed by atoms with Crippen LogP contribution in [0.1, 0.15) is 188 Å². The van der Waals surface area contributed by atoms with Gasteiger partial charge in [-0.15, -0.1) is 78.9 Å². The third kappa shape index (κ3) is 40.2. The summed E-state index contributed by atoms with van der Waals surface area (Å²) in [5.41, 5.74) is 10.0. The van der Waals surface area contributed by atoms with Crippen molar-refractivity contribution in [2.75, 3.05) is 0 Å². The summed E-state index contributed by atoms with van der Waals surface area (Å²) in [7, 11) is 0. The molecule has 0 bridgehead atoms. The molecule has 0 aliphatic carbocycles. The van der Waals surface area contributed by atoms with Gasteiger partial charge in [0.1, 0.15) is 0 Å². The zero-order chi connectivity index (χ0) is 51.7. The Bertz CT molecular complexity index is 1320. The number of aliphatic hydroxyl groups is 4. The fourth-order valence-corrected chi connectivity index (χ4v) is 8.43. The van der Waals surface area contributed by atoms with Crippen molar-refractivity contribution in [1.82, 2.24) is 0 Å². The molecule has 0 aliphatic rings. The van der Waals surface area contributed by atoms with Gasteiger partial charge in [-0.25, -0.2) is 0 Å². The van der Waals surface area contributed by atoms with E-state index in [1.54, 1.807) is 0 Å². The summed E-state index contributed by atoms with van der Waals surface area (Å²) in [4.78, 5) is 0. The molecular formula is C60H104O4Ti. The second kappa shape index (κ2) is 33.8. The van der Waals surface area contributed by atoms with E-state index in [9.17, 15) is 20.4 Å². The fourth-order valence-electron chi connectivity index (χ4n) is 8.43. The third-order valence-corrected chi connectivity index (χ3v) is 10.9. The van der Waals surface area contributed by atoms with Crippen LogP contribution in [0.3, 0.4) is 0 Å². The average molecular weight is 937 g/mol. The molecule has 4 nitrogen and oxygen atoms in total. The summed E-state index contributed by atoms with van der Waals surface area (Å²) in [6.45, 7) is 78.3. The first-order chi connectivity index (χ1) is 28.6. The van der Waals surface area contributed by atoms with Crippen molar-refractivity contribution < 1.29 is 42.1 Å². The second-order valence-corrected chi connectivity index (χ2v) is 22.0. The zero-order valence-electron chi connectivity index (χ0n) is 45.6. The maximum atomic E-state index is 10.5. The molecule has 0 aromatic carbocycles. The van der Waals surface area contributed by atoms with Crippen LogP contribution in [0.2, 0.25) is 0 Å². The van der Waals surface area contributed by atoms with E-state index < -0.39 is 22.4 Å². The van der Waals surface area contributed by atoms with Gasteiger partial charge in [0.2, 0.25) is 0 Å². The Kier molecular flexibility index (Phi) is 37.2. The van der Waals surface area contributed by atoms with E-state index >= 15 is 0 Å². The molecule has 0 aromatic heterocycles. The minimum atomic E-state index is -0.719. The summed E-state index contributed by atoms with van der Waals surface area (Å²) in [6, 6.07) is 0. The molecule has 5 heteroatoms. The van der Waals surface area contributed by atoms with Crippen molar-refractivity contribution in [2.45, 2.75) is 210 Å². The van der Waals surface area contributed by atoms with E-state index in [-0.39, 0.29) is 45.4 Å². The molecule has 0 rings (SSSR count). The maximum Gasteiger partial charge on any atom is 0.0690 e. The molecule has 4 N–H and O–H groups in total. The molecule has 4 unspecified atom stereocenters. The predicted octanol–water partition coefficient (Wildman–Crippen LogP) is 17.0. The zero-order valence-corrected chi connectivity index (χ0v) is 47.1. The Labute approximate surface area is 419 Å². The van der Waals surface area contributed by atoms with Gasteiger partial charge in [0.05, 0.1) is 22.4 Å². The molecule has 372 valence electrons. The minimum Gasteiger partial charge on any atom is -0.390 e.